The molecule has 0 amide bonds. The zero-order chi connectivity index (χ0) is 27.3. The first-order chi connectivity index (χ1) is 16.7. The lowest BCUT2D eigenvalue weighted by Crippen LogP contribution is -2.03. The zero-order valence-corrected chi connectivity index (χ0v) is 20.2. The third-order valence-corrected chi connectivity index (χ3v) is 5.28. The van der Waals surface area contributed by atoms with Gasteiger partial charge >= 0.3 is 11.9 Å². The lowest BCUT2D eigenvalue weighted by molar-refractivity contribution is -0.385. The predicted molar refractivity (Wildman–Crippen MR) is 122 cm³/mol. The maximum atomic E-state index is 13.5. The van der Waals surface area contributed by atoms with E-state index in [4.69, 9.17) is 14.9 Å². The molecule has 0 radical (unpaired) electrons. The van der Waals surface area contributed by atoms with Crippen molar-refractivity contribution in [1.29, 1.82) is 0 Å². The fraction of sp³-hybridized carbons (Fsp3) is 0. The number of nitro benzene ring substituents is 2. The highest BCUT2D eigenvalue weighted by atomic mass is 79.9. The van der Waals surface area contributed by atoms with Crippen LogP contribution in [0.4, 0.5) is 24.5 Å². The van der Waals surface area contributed by atoms with Gasteiger partial charge in [0.2, 0.25) is 0 Å². The lowest BCUT2D eigenvalue weighted by atomic mass is 10.1. The van der Waals surface area contributed by atoms with Crippen LogP contribution in [0.1, 0.15) is 20.7 Å². The lowest BCUT2D eigenvalue weighted by Gasteiger charge is -2.10. The van der Waals surface area contributed by atoms with Gasteiger partial charge in [0.25, 0.3) is 11.4 Å². The summed E-state index contributed by atoms with van der Waals surface area (Å²) >= 11 is 5.70. The van der Waals surface area contributed by atoms with E-state index in [9.17, 15) is 43.0 Å². The van der Waals surface area contributed by atoms with E-state index in [-0.39, 0.29) is 20.4 Å². The minimum atomic E-state index is -1.54. The van der Waals surface area contributed by atoms with E-state index in [0.717, 1.165) is 30.3 Å². The number of rotatable bonds is 6. The Balaban J connectivity index is 0.000000281. The van der Waals surface area contributed by atoms with Crippen LogP contribution in [0.2, 0.25) is 0 Å². The van der Waals surface area contributed by atoms with Crippen molar-refractivity contribution in [3.63, 3.8) is 0 Å². The molecule has 0 aliphatic carbocycles. The summed E-state index contributed by atoms with van der Waals surface area (Å²) in [5.74, 6) is -6.25. The van der Waals surface area contributed by atoms with Crippen LogP contribution in [0.5, 0.6) is 11.5 Å². The molecule has 0 aliphatic rings. The summed E-state index contributed by atoms with van der Waals surface area (Å²) in [5.41, 5.74) is -2.58. The molecule has 0 aliphatic heterocycles. The molecule has 16 heteroatoms. The minimum absolute atomic E-state index is 0.0490. The van der Waals surface area contributed by atoms with Crippen molar-refractivity contribution in [3.05, 3.63) is 100 Å². The number of hydrogen-bond acceptors (Lipinski definition) is 7. The second kappa shape index (κ2) is 11.6. The van der Waals surface area contributed by atoms with Crippen LogP contribution in [0.15, 0.2) is 51.4 Å². The first-order valence-corrected chi connectivity index (χ1v) is 10.5. The van der Waals surface area contributed by atoms with Crippen LogP contribution in [0.25, 0.3) is 0 Å². The van der Waals surface area contributed by atoms with Gasteiger partial charge in [-0.15, -0.1) is 0 Å². The maximum absolute atomic E-state index is 13.5. The number of carboxylic acids is 2. The van der Waals surface area contributed by atoms with Gasteiger partial charge in [-0.3, -0.25) is 20.2 Å². The molecular weight excluding hydrogens is 629 g/mol. The van der Waals surface area contributed by atoms with Crippen molar-refractivity contribution in [1.82, 2.24) is 0 Å². The number of aromatic carboxylic acids is 2. The molecule has 0 spiro atoms. The van der Waals surface area contributed by atoms with E-state index in [1.165, 1.54) is 0 Å². The number of carbonyl (C=O) groups is 2. The minimum Gasteiger partial charge on any atom is -0.477 e. The molecule has 2 N–H and O–H groups in total. The van der Waals surface area contributed by atoms with Gasteiger partial charge in [-0.05, 0) is 50.1 Å². The summed E-state index contributed by atoms with van der Waals surface area (Å²) in [6.45, 7) is 0. The quantitative estimate of drug-likeness (QED) is 0.232. The number of nitrogens with zero attached hydrogens (tertiary/aromatic N) is 2. The van der Waals surface area contributed by atoms with E-state index in [1.54, 1.807) is 0 Å². The number of benzene rings is 3. The van der Waals surface area contributed by atoms with Crippen molar-refractivity contribution in [3.8, 4) is 11.5 Å². The Kier molecular flexibility index (Phi) is 9.07. The second-order valence-corrected chi connectivity index (χ2v) is 8.09. The molecule has 11 nitrogen and oxygen atoms in total. The van der Waals surface area contributed by atoms with Crippen LogP contribution < -0.4 is 4.74 Å². The maximum Gasteiger partial charge on any atom is 0.342 e. The molecule has 36 heavy (non-hydrogen) atoms. The average molecular weight is 638 g/mol. The van der Waals surface area contributed by atoms with Crippen molar-refractivity contribution < 1.29 is 47.6 Å². The predicted octanol–water partition coefficient (Wildman–Crippen LogP) is 6.32. The molecule has 3 aromatic carbocycles. The third kappa shape index (κ3) is 6.76. The molecule has 0 heterocycles. The Morgan fingerprint density at radius 1 is 0.750 bits per heavy atom. The van der Waals surface area contributed by atoms with Crippen molar-refractivity contribution in [2.75, 3.05) is 0 Å². The molecule has 0 saturated heterocycles. The summed E-state index contributed by atoms with van der Waals surface area (Å²) in [7, 11) is 0. The van der Waals surface area contributed by atoms with E-state index in [2.05, 4.69) is 31.9 Å². The molecule has 0 saturated carbocycles. The summed E-state index contributed by atoms with van der Waals surface area (Å²) < 4.78 is 44.3. The van der Waals surface area contributed by atoms with Gasteiger partial charge < -0.3 is 14.9 Å². The summed E-state index contributed by atoms with van der Waals surface area (Å²) in [6, 6.07) is 5.79. The summed E-state index contributed by atoms with van der Waals surface area (Å²) in [5, 5.41) is 38.7. The molecule has 0 unspecified atom stereocenters. The van der Waals surface area contributed by atoms with Crippen LogP contribution >= 0.6 is 31.9 Å². The summed E-state index contributed by atoms with van der Waals surface area (Å²) in [6.07, 6.45) is 0. The SMILES string of the molecule is O=C(O)c1cc(F)c(Br)cc1[N+](=O)[O-].O=C(O)c1cc(Oc2ccc(F)cc2F)c(Br)cc1[N+](=O)[O-]. The van der Waals surface area contributed by atoms with Crippen molar-refractivity contribution in [2.45, 2.75) is 0 Å². The van der Waals surface area contributed by atoms with Gasteiger partial charge in [0.1, 0.15) is 28.5 Å². The molecular formula is C20H9Br2F3N2O9. The van der Waals surface area contributed by atoms with Crippen molar-refractivity contribution >= 4 is 55.2 Å². The number of hydrogen-bond donors (Lipinski definition) is 2. The van der Waals surface area contributed by atoms with Gasteiger partial charge in [-0.1, -0.05) is 0 Å². The van der Waals surface area contributed by atoms with E-state index in [0.29, 0.717) is 12.1 Å². The molecule has 0 atom stereocenters. The summed E-state index contributed by atoms with van der Waals surface area (Å²) in [4.78, 5) is 41.0. The van der Waals surface area contributed by atoms with Crippen LogP contribution in [0.3, 0.4) is 0 Å². The molecule has 0 bridgehead atoms. The van der Waals surface area contributed by atoms with Gasteiger partial charge in [-0.2, -0.15) is 0 Å². The van der Waals surface area contributed by atoms with E-state index < -0.39 is 61.7 Å². The molecule has 0 fully saturated rings. The van der Waals surface area contributed by atoms with Crippen LogP contribution in [0, 0.1) is 37.7 Å². The first kappa shape index (κ1) is 28.2. The number of halogens is 5. The Morgan fingerprint density at radius 3 is 1.72 bits per heavy atom. The van der Waals surface area contributed by atoms with Gasteiger partial charge in [0.15, 0.2) is 11.6 Å². The second-order valence-electron chi connectivity index (χ2n) is 6.38. The Labute approximate surface area is 214 Å². The van der Waals surface area contributed by atoms with Crippen molar-refractivity contribution in [2.24, 2.45) is 0 Å². The van der Waals surface area contributed by atoms with Crippen LogP contribution in [-0.4, -0.2) is 32.0 Å². The highest BCUT2D eigenvalue weighted by Crippen LogP contribution is 2.36. The van der Waals surface area contributed by atoms with E-state index >= 15 is 0 Å². The molecule has 0 aromatic heterocycles. The highest BCUT2D eigenvalue weighted by Gasteiger charge is 2.24. The average Bonchev–Trinajstić information content (AvgIpc) is 2.78. The monoisotopic (exact) mass is 636 g/mol. The number of ether oxygens (including phenoxy) is 1. The van der Waals surface area contributed by atoms with E-state index in [1.807, 2.05) is 0 Å². The fourth-order valence-electron chi connectivity index (χ4n) is 2.48. The van der Waals surface area contributed by atoms with Gasteiger partial charge in [0, 0.05) is 24.3 Å². The first-order valence-electron chi connectivity index (χ1n) is 8.93. The number of nitro groups is 2. The zero-order valence-electron chi connectivity index (χ0n) is 17.1. The van der Waals surface area contributed by atoms with Gasteiger partial charge in [-0.25, -0.2) is 22.8 Å². The molecule has 3 rings (SSSR count). The molecule has 188 valence electrons. The Morgan fingerprint density at radius 2 is 1.25 bits per heavy atom. The molecule has 3 aromatic rings. The van der Waals surface area contributed by atoms with Gasteiger partial charge in [0.05, 0.1) is 18.8 Å². The highest BCUT2D eigenvalue weighted by molar-refractivity contribution is 9.10. The fourth-order valence-corrected chi connectivity index (χ4v) is 3.22. The standard InChI is InChI=1S/C13H6BrF2NO5.C7H3BrFNO4/c14-8-5-10(17(20)21)7(13(18)19)4-12(8)22-11-2-1-6(15)3-9(11)16;8-4-2-6(10(13)14)3(7(11)12)1-5(4)9/h1-5H,(H,18,19);1-2H,(H,11,12). The topological polar surface area (TPSA) is 170 Å². The third-order valence-electron chi connectivity index (χ3n) is 4.06. The number of carboxylic acid groups (broad SMARTS) is 2. The largest absolute Gasteiger partial charge is 0.477 e. The Bertz CT molecular complexity index is 1360. The Hall–Kier alpha value is -4.05. The smallest absolute Gasteiger partial charge is 0.342 e. The van der Waals surface area contributed by atoms with Crippen LogP contribution in [-0.2, 0) is 0 Å². The normalized spacial score (nSPS) is 10.1.